The molecule has 0 amide bonds. The third-order valence-electron chi connectivity index (χ3n) is 4.21. The molecule has 1 heterocycles. The van der Waals surface area contributed by atoms with Gasteiger partial charge in [0.1, 0.15) is 0 Å². The summed E-state index contributed by atoms with van der Waals surface area (Å²) in [7, 11) is 0. The summed E-state index contributed by atoms with van der Waals surface area (Å²) in [6.45, 7) is 5.31. The third-order valence-corrected chi connectivity index (χ3v) is 4.21. The van der Waals surface area contributed by atoms with Gasteiger partial charge in [-0.15, -0.1) is 0 Å². The van der Waals surface area contributed by atoms with Crippen LogP contribution in [0.4, 0.5) is 0 Å². The molecule has 0 unspecified atom stereocenters. The van der Waals surface area contributed by atoms with Gasteiger partial charge in [0.15, 0.2) is 0 Å². The number of ether oxygens (including phenoxy) is 1. The van der Waals surface area contributed by atoms with Crippen molar-refractivity contribution in [3.8, 4) is 0 Å². The number of hydrogen-bond acceptors (Lipinski definition) is 3. The zero-order chi connectivity index (χ0) is 11.4. The van der Waals surface area contributed by atoms with Crippen LogP contribution in [0.15, 0.2) is 0 Å². The lowest BCUT2D eigenvalue weighted by atomic mass is 9.81. The molecule has 0 radical (unpaired) electrons. The maximum atomic E-state index is 9.45. The Hall–Kier alpha value is -0.120. The van der Waals surface area contributed by atoms with Gasteiger partial charge >= 0.3 is 0 Å². The van der Waals surface area contributed by atoms with E-state index >= 15 is 0 Å². The first-order valence-corrected chi connectivity index (χ1v) is 6.67. The lowest BCUT2D eigenvalue weighted by Gasteiger charge is -2.36. The largest absolute Gasteiger partial charge is 0.393 e. The van der Waals surface area contributed by atoms with Gasteiger partial charge in [-0.25, -0.2) is 0 Å². The monoisotopic (exact) mass is 227 g/mol. The van der Waals surface area contributed by atoms with E-state index in [9.17, 15) is 5.11 Å². The fourth-order valence-corrected chi connectivity index (χ4v) is 2.71. The second-order valence-corrected chi connectivity index (χ2v) is 5.81. The summed E-state index contributed by atoms with van der Waals surface area (Å²) in [5.41, 5.74) is 0.425. The van der Waals surface area contributed by atoms with Gasteiger partial charge in [-0.05, 0) is 43.9 Å². The number of aliphatic hydroxyl groups is 1. The van der Waals surface area contributed by atoms with Crippen molar-refractivity contribution in [2.75, 3.05) is 19.8 Å². The summed E-state index contributed by atoms with van der Waals surface area (Å²) >= 11 is 0. The van der Waals surface area contributed by atoms with E-state index in [1.807, 2.05) is 0 Å². The molecule has 16 heavy (non-hydrogen) atoms. The molecule has 94 valence electrons. The van der Waals surface area contributed by atoms with Crippen molar-refractivity contribution in [1.29, 1.82) is 0 Å². The van der Waals surface area contributed by atoms with E-state index in [1.54, 1.807) is 0 Å². The molecule has 1 saturated heterocycles. The summed E-state index contributed by atoms with van der Waals surface area (Å²) in [4.78, 5) is 0. The fraction of sp³-hybridized carbons (Fsp3) is 1.00. The maximum Gasteiger partial charge on any atom is 0.0541 e. The van der Waals surface area contributed by atoms with E-state index in [-0.39, 0.29) is 6.10 Å². The van der Waals surface area contributed by atoms with Crippen LogP contribution in [0.3, 0.4) is 0 Å². The molecule has 0 bridgehead atoms. The van der Waals surface area contributed by atoms with E-state index in [0.717, 1.165) is 45.4 Å². The summed E-state index contributed by atoms with van der Waals surface area (Å²) in [6.07, 6.45) is 6.51. The minimum absolute atomic E-state index is 0.0447. The number of hydrogen-bond donors (Lipinski definition) is 2. The summed E-state index contributed by atoms with van der Waals surface area (Å²) in [5, 5.41) is 13.1. The highest BCUT2D eigenvalue weighted by atomic mass is 16.5. The summed E-state index contributed by atoms with van der Waals surface area (Å²) in [5.74, 6) is 0. The highest BCUT2D eigenvalue weighted by Gasteiger charge is 2.28. The Morgan fingerprint density at radius 2 is 1.81 bits per heavy atom. The molecular weight excluding hydrogens is 202 g/mol. The van der Waals surface area contributed by atoms with E-state index < -0.39 is 0 Å². The van der Waals surface area contributed by atoms with Crippen molar-refractivity contribution in [3.05, 3.63) is 0 Å². The predicted octanol–water partition coefficient (Wildman–Crippen LogP) is 1.70. The lowest BCUT2D eigenvalue weighted by Crippen LogP contribution is -2.43. The quantitative estimate of drug-likeness (QED) is 0.771. The standard InChI is InChI=1S/C13H25NO2/c1-13(6-8-16-9-7-13)10-14-11-2-4-12(15)5-3-11/h11-12,14-15H,2-10H2,1H3. The average molecular weight is 227 g/mol. The Morgan fingerprint density at radius 3 is 2.44 bits per heavy atom. The van der Waals surface area contributed by atoms with Crippen LogP contribution >= 0.6 is 0 Å². The molecule has 3 nitrogen and oxygen atoms in total. The average Bonchev–Trinajstić information content (AvgIpc) is 2.29. The molecule has 0 aromatic rings. The first kappa shape index (κ1) is 12.3. The van der Waals surface area contributed by atoms with Gasteiger partial charge in [0, 0.05) is 25.8 Å². The molecule has 2 rings (SSSR count). The van der Waals surface area contributed by atoms with Crippen LogP contribution in [-0.2, 0) is 4.74 Å². The number of rotatable bonds is 3. The molecule has 0 spiro atoms. The van der Waals surface area contributed by atoms with E-state index in [4.69, 9.17) is 4.74 Å². The minimum atomic E-state index is -0.0447. The van der Waals surface area contributed by atoms with Crippen molar-refractivity contribution in [2.45, 2.75) is 57.6 Å². The lowest BCUT2D eigenvalue weighted by molar-refractivity contribution is 0.0212. The van der Waals surface area contributed by atoms with E-state index in [0.29, 0.717) is 11.5 Å². The van der Waals surface area contributed by atoms with Crippen LogP contribution in [0.5, 0.6) is 0 Å². The number of aliphatic hydroxyl groups excluding tert-OH is 1. The third kappa shape index (κ3) is 3.44. The van der Waals surface area contributed by atoms with Crippen molar-refractivity contribution in [1.82, 2.24) is 5.32 Å². The molecule has 0 aromatic heterocycles. The molecule has 3 heteroatoms. The van der Waals surface area contributed by atoms with Gasteiger partial charge in [0.25, 0.3) is 0 Å². The van der Waals surface area contributed by atoms with Gasteiger partial charge in [-0.3, -0.25) is 0 Å². The molecule has 1 aliphatic heterocycles. The molecule has 1 aliphatic carbocycles. The van der Waals surface area contributed by atoms with Crippen molar-refractivity contribution in [3.63, 3.8) is 0 Å². The molecule has 0 atom stereocenters. The maximum absolute atomic E-state index is 9.45. The molecule has 2 N–H and O–H groups in total. The predicted molar refractivity (Wildman–Crippen MR) is 64.4 cm³/mol. The smallest absolute Gasteiger partial charge is 0.0541 e. The van der Waals surface area contributed by atoms with Gasteiger partial charge < -0.3 is 15.2 Å². The van der Waals surface area contributed by atoms with Crippen LogP contribution < -0.4 is 5.32 Å². The minimum Gasteiger partial charge on any atom is -0.393 e. The summed E-state index contributed by atoms with van der Waals surface area (Å²) in [6, 6.07) is 0.628. The Kier molecular flexibility index (Phi) is 4.22. The first-order chi connectivity index (χ1) is 7.68. The summed E-state index contributed by atoms with van der Waals surface area (Å²) < 4.78 is 5.41. The Bertz CT molecular complexity index is 206. The fourth-order valence-electron chi connectivity index (χ4n) is 2.71. The van der Waals surface area contributed by atoms with Gasteiger partial charge in [-0.1, -0.05) is 6.92 Å². The molecule has 2 aliphatic rings. The Morgan fingerprint density at radius 1 is 1.19 bits per heavy atom. The molecule has 1 saturated carbocycles. The van der Waals surface area contributed by atoms with Crippen LogP contribution in [0.1, 0.15) is 45.4 Å². The normalized spacial score (nSPS) is 34.9. The SMILES string of the molecule is CC1(CNC2CCC(O)CC2)CCOCC1. The first-order valence-electron chi connectivity index (χ1n) is 6.67. The molecular formula is C13H25NO2. The molecule has 0 aromatic carbocycles. The van der Waals surface area contributed by atoms with Crippen LogP contribution in [-0.4, -0.2) is 37.0 Å². The number of nitrogens with one attached hydrogen (secondary N) is 1. The van der Waals surface area contributed by atoms with E-state index in [1.165, 1.54) is 12.8 Å². The van der Waals surface area contributed by atoms with Crippen molar-refractivity contribution < 1.29 is 9.84 Å². The van der Waals surface area contributed by atoms with Crippen LogP contribution in [0.25, 0.3) is 0 Å². The second-order valence-electron chi connectivity index (χ2n) is 5.81. The van der Waals surface area contributed by atoms with E-state index in [2.05, 4.69) is 12.2 Å². The zero-order valence-corrected chi connectivity index (χ0v) is 10.4. The van der Waals surface area contributed by atoms with Crippen LogP contribution in [0, 0.1) is 5.41 Å². The molecule has 2 fully saturated rings. The van der Waals surface area contributed by atoms with Gasteiger partial charge in [-0.2, -0.15) is 0 Å². The zero-order valence-electron chi connectivity index (χ0n) is 10.4. The topological polar surface area (TPSA) is 41.5 Å². The van der Waals surface area contributed by atoms with Gasteiger partial charge in [0.05, 0.1) is 6.10 Å². The van der Waals surface area contributed by atoms with Crippen molar-refractivity contribution >= 4 is 0 Å². The highest BCUT2D eigenvalue weighted by Crippen LogP contribution is 2.29. The second kappa shape index (κ2) is 5.48. The van der Waals surface area contributed by atoms with Gasteiger partial charge in [0.2, 0.25) is 0 Å². The van der Waals surface area contributed by atoms with Crippen molar-refractivity contribution in [2.24, 2.45) is 5.41 Å². The highest BCUT2D eigenvalue weighted by molar-refractivity contribution is 4.83. The Balaban J connectivity index is 1.70. The van der Waals surface area contributed by atoms with Crippen LogP contribution in [0.2, 0.25) is 0 Å². The Labute approximate surface area is 98.6 Å².